The van der Waals surface area contributed by atoms with E-state index in [1.165, 1.54) is 0 Å². The van der Waals surface area contributed by atoms with Gasteiger partial charge in [0, 0.05) is 12.5 Å². The average molecular weight is 176 g/mol. The van der Waals surface area contributed by atoms with Crippen LogP contribution in [0.3, 0.4) is 0 Å². The van der Waals surface area contributed by atoms with Crippen LogP contribution in [0, 0.1) is 11.8 Å². The summed E-state index contributed by atoms with van der Waals surface area (Å²) in [4.78, 5) is 0. The van der Waals surface area contributed by atoms with Crippen LogP contribution >= 0.6 is 0 Å². The van der Waals surface area contributed by atoms with Gasteiger partial charge in [0.2, 0.25) is 0 Å². The third-order valence-corrected chi connectivity index (χ3v) is 2.67. The smallest absolute Gasteiger partial charge is 0.106 e. The van der Waals surface area contributed by atoms with Crippen molar-refractivity contribution < 1.29 is 20.4 Å². The maximum absolute atomic E-state index is 9.36. The van der Waals surface area contributed by atoms with Crippen molar-refractivity contribution in [2.75, 3.05) is 6.61 Å². The predicted octanol–water partition coefficient (Wildman–Crippen LogP) is -1.28. The van der Waals surface area contributed by atoms with E-state index in [0.29, 0.717) is 6.42 Å². The van der Waals surface area contributed by atoms with Gasteiger partial charge >= 0.3 is 0 Å². The summed E-state index contributed by atoms with van der Waals surface area (Å²) < 4.78 is 0. The minimum Gasteiger partial charge on any atom is -0.396 e. The quantitative estimate of drug-likeness (QED) is 0.401. The van der Waals surface area contributed by atoms with E-state index < -0.39 is 18.3 Å². The highest BCUT2D eigenvalue weighted by atomic mass is 16.4. The topological polar surface area (TPSA) is 80.9 Å². The summed E-state index contributed by atoms with van der Waals surface area (Å²) in [6.45, 7) is 1.65. The fourth-order valence-corrected chi connectivity index (χ4v) is 1.76. The molecule has 0 heterocycles. The average Bonchev–Trinajstić information content (AvgIpc) is 2.08. The lowest BCUT2D eigenvalue weighted by Gasteiger charge is -2.38. The molecule has 4 heteroatoms. The molecule has 1 saturated carbocycles. The van der Waals surface area contributed by atoms with Crippen LogP contribution in [0.15, 0.2) is 0 Å². The molecule has 72 valence electrons. The molecule has 1 aliphatic rings. The van der Waals surface area contributed by atoms with Gasteiger partial charge in [0.1, 0.15) is 6.10 Å². The van der Waals surface area contributed by atoms with E-state index in [1.54, 1.807) is 6.92 Å². The Kier molecular flexibility index (Phi) is 3.06. The Labute approximate surface area is 71.5 Å². The van der Waals surface area contributed by atoms with Crippen LogP contribution in [-0.4, -0.2) is 45.3 Å². The summed E-state index contributed by atoms with van der Waals surface area (Å²) >= 11 is 0. The van der Waals surface area contributed by atoms with Gasteiger partial charge in [-0.25, -0.2) is 0 Å². The second-order valence-corrected chi connectivity index (χ2v) is 3.63. The number of hydrogen-bond donors (Lipinski definition) is 4. The van der Waals surface area contributed by atoms with Crippen LogP contribution in [0.1, 0.15) is 13.3 Å². The van der Waals surface area contributed by atoms with Crippen molar-refractivity contribution in [2.45, 2.75) is 31.7 Å². The molecule has 0 bridgehead atoms. The summed E-state index contributed by atoms with van der Waals surface area (Å²) in [5, 5.41) is 36.8. The normalized spacial score (nSPS) is 49.2. The summed E-state index contributed by atoms with van der Waals surface area (Å²) in [5.41, 5.74) is 0. The highest BCUT2D eigenvalue weighted by Crippen LogP contribution is 2.29. The van der Waals surface area contributed by atoms with E-state index in [1.807, 2.05) is 0 Å². The first-order valence-electron chi connectivity index (χ1n) is 4.23. The van der Waals surface area contributed by atoms with Crippen LogP contribution in [0.2, 0.25) is 0 Å². The highest BCUT2D eigenvalue weighted by molar-refractivity contribution is 4.90. The van der Waals surface area contributed by atoms with Crippen LogP contribution in [-0.2, 0) is 0 Å². The SMILES string of the molecule is C[C@@H]1C[C@@H](CO)[C@@H](O)[C@H](O)[C@@H]1O. The first-order chi connectivity index (χ1) is 5.57. The van der Waals surface area contributed by atoms with Crippen LogP contribution in [0.5, 0.6) is 0 Å². The molecule has 5 atom stereocenters. The maximum atomic E-state index is 9.36. The minimum atomic E-state index is -1.12. The molecule has 12 heavy (non-hydrogen) atoms. The summed E-state index contributed by atoms with van der Waals surface area (Å²) in [7, 11) is 0. The molecule has 0 aromatic rings. The van der Waals surface area contributed by atoms with Crippen molar-refractivity contribution in [3.8, 4) is 0 Å². The van der Waals surface area contributed by atoms with Crippen molar-refractivity contribution in [2.24, 2.45) is 11.8 Å². The molecule has 0 aromatic carbocycles. The molecule has 4 nitrogen and oxygen atoms in total. The van der Waals surface area contributed by atoms with Crippen LogP contribution < -0.4 is 0 Å². The van der Waals surface area contributed by atoms with Crippen molar-refractivity contribution in [3.05, 3.63) is 0 Å². The Morgan fingerprint density at radius 2 is 1.67 bits per heavy atom. The second-order valence-electron chi connectivity index (χ2n) is 3.63. The van der Waals surface area contributed by atoms with Crippen LogP contribution in [0.25, 0.3) is 0 Å². The molecule has 1 aliphatic carbocycles. The molecule has 1 rings (SSSR count). The molecular weight excluding hydrogens is 160 g/mol. The fourth-order valence-electron chi connectivity index (χ4n) is 1.76. The van der Waals surface area contributed by atoms with Gasteiger partial charge < -0.3 is 20.4 Å². The third-order valence-electron chi connectivity index (χ3n) is 2.67. The fraction of sp³-hybridized carbons (Fsp3) is 1.00. The molecule has 0 saturated heterocycles. The van der Waals surface area contributed by atoms with Crippen molar-refractivity contribution in [1.82, 2.24) is 0 Å². The van der Waals surface area contributed by atoms with Crippen LogP contribution in [0.4, 0.5) is 0 Å². The van der Waals surface area contributed by atoms with Gasteiger partial charge in [0.05, 0.1) is 12.2 Å². The predicted molar refractivity (Wildman–Crippen MR) is 42.4 cm³/mol. The zero-order valence-electron chi connectivity index (χ0n) is 7.09. The van der Waals surface area contributed by atoms with E-state index >= 15 is 0 Å². The molecule has 0 radical (unpaired) electrons. The molecule has 4 N–H and O–H groups in total. The van der Waals surface area contributed by atoms with Gasteiger partial charge in [-0.1, -0.05) is 6.92 Å². The number of aliphatic hydroxyl groups excluding tert-OH is 4. The minimum absolute atomic E-state index is 0.0689. The van der Waals surface area contributed by atoms with E-state index in [4.69, 9.17) is 5.11 Å². The standard InChI is InChI=1S/C8H16O4/c1-4-2-5(3-9)7(11)8(12)6(4)10/h4-12H,2-3H2,1H3/t4-,5+,6-,7-,8-/m1/s1. The molecule has 0 amide bonds. The van der Waals surface area contributed by atoms with E-state index in [9.17, 15) is 15.3 Å². The molecule has 1 fully saturated rings. The van der Waals surface area contributed by atoms with E-state index in [-0.39, 0.29) is 18.4 Å². The monoisotopic (exact) mass is 176 g/mol. The van der Waals surface area contributed by atoms with Crippen molar-refractivity contribution in [1.29, 1.82) is 0 Å². The number of hydrogen-bond acceptors (Lipinski definition) is 4. The molecular formula is C8H16O4. The van der Waals surface area contributed by atoms with Gasteiger partial charge in [-0.2, -0.15) is 0 Å². The van der Waals surface area contributed by atoms with Gasteiger partial charge in [0.25, 0.3) is 0 Å². The Bertz CT molecular complexity index is 145. The van der Waals surface area contributed by atoms with Crippen molar-refractivity contribution in [3.63, 3.8) is 0 Å². The lowest BCUT2D eigenvalue weighted by atomic mass is 9.77. The Morgan fingerprint density at radius 3 is 2.17 bits per heavy atom. The van der Waals surface area contributed by atoms with E-state index in [2.05, 4.69) is 0 Å². The molecule has 0 aromatic heterocycles. The zero-order chi connectivity index (χ0) is 9.30. The third kappa shape index (κ3) is 1.61. The van der Waals surface area contributed by atoms with Crippen molar-refractivity contribution >= 4 is 0 Å². The maximum Gasteiger partial charge on any atom is 0.106 e. The first kappa shape index (κ1) is 9.92. The molecule has 0 spiro atoms. The molecule has 0 unspecified atom stereocenters. The van der Waals surface area contributed by atoms with Gasteiger partial charge in [-0.05, 0) is 12.3 Å². The Morgan fingerprint density at radius 1 is 1.08 bits per heavy atom. The Balaban J connectivity index is 2.63. The summed E-state index contributed by atoms with van der Waals surface area (Å²) in [6.07, 6.45) is -2.44. The summed E-state index contributed by atoms with van der Waals surface area (Å²) in [5.74, 6) is -0.376. The largest absolute Gasteiger partial charge is 0.396 e. The first-order valence-corrected chi connectivity index (χ1v) is 4.23. The number of rotatable bonds is 1. The lowest BCUT2D eigenvalue weighted by Crippen LogP contribution is -2.51. The zero-order valence-corrected chi connectivity index (χ0v) is 7.09. The van der Waals surface area contributed by atoms with Gasteiger partial charge in [0.15, 0.2) is 0 Å². The lowest BCUT2D eigenvalue weighted by molar-refractivity contribution is -0.138. The summed E-state index contributed by atoms with van der Waals surface area (Å²) in [6, 6.07) is 0. The van der Waals surface area contributed by atoms with E-state index in [0.717, 1.165) is 0 Å². The molecule has 0 aliphatic heterocycles. The highest BCUT2D eigenvalue weighted by Gasteiger charge is 2.40. The van der Waals surface area contributed by atoms with Gasteiger partial charge in [-0.15, -0.1) is 0 Å². The van der Waals surface area contributed by atoms with Gasteiger partial charge in [-0.3, -0.25) is 0 Å². The number of aliphatic hydroxyl groups is 4. The second kappa shape index (κ2) is 3.70. The Hall–Kier alpha value is -0.160.